The topological polar surface area (TPSA) is 51.0 Å². The summed E-state index contributed by atoms with van der Waals surface area (Å²) in [6.07, 6.45) is 4.72. The van der Waals surface area contributed by atoms with Crippen LogP contribution in [0.5, 0.6) is 0 Å². The Balaban J connectivity index is 1.67. The Hall–Kier alpha value is -2.69. The SMILES string of the molecule is Cc1nn(C)c2nc(-c3ccccc3)cc(C(=O)N(C3CC3)C(C)C3CC3)c12. The molecule has 1 atom stereocenters. The lowest BCUT2D eigenvalue weighted by Crippen LogP contribution is -2.41. The fourth-order valence-corrected chi connectivity index (χ4v) is 4.35. The van der Waals surface area contributed by atoms with Crippen molar-refractivity contribution in [3.8, 4) is 11.3 Å². The minimum Gasteiger partial charge on any atom is -0.333 e. The normalized spacial score (nSPS) is 17.7. The van der Waals surface area contributed by atoms with Gasteiger partial charge in [0.15, 0.2) is 5.65 Å². The number of benzene rings is 1. The van der Waals surface area contributed by atoms with Crippen molar-refractivity contribution in [1.29, 1.82) is 0 Å². The third kappa shape index (κ3) is 2.89. The lowest BCUT2D eigenvalue weighted by atomic mass is 10.0. The fraction of sp³-hybridized carbons (Fsp3) is 0.435. The van der Waals surface area contributed by atoms with Crippen LogP contribution in [0, 0.1) is 12.8 Å². The highest BCUT2D eigenvalue weighted by Crippen LogP contribution is 2.41. The molecule has 0 spiro atoms. The number of carbonyl (C=O) groups is 1. The van der Waals surface area contributed by atoms with Crippen LogP contribution in [0.1, 0.15) is 48.7 Å². The van der Waals surface area contributed by atoms with Crippen molar-refractivity contribution in [2.75, 3.05) is 0 Å². The first-order valence-corrected chi connectivity index (χ1v) is 10.3. The van der Waals surface area contributed by atoms with Gasteiger partial charge in [0, 0.05) is 24.7 Å². The number of carbonyl (C=O) groups excluding carboxylic acids is 1. The van der Waals surface area contributed by atoms with Gasteiger partial charge in [0.25, 0.3) is 5.91 Å². The monoisotopic (exact) mass is 374 g/mol. The summed E-state index contributed by atoms with van der Waals surface area (Å²) < 4.78 is 1.79. The Bertz CT molecular complexity index is 1050. The van der Waals surface area contributed by atoms with Crippen LogP contribution in [0.25, 0.3) is 22.3 Å². The van der Waals surface area contributed by atoms with Gasteiger partial charge in [-0.05, 0) is 51.5 Å². The number of hydrogen-bond acceptors (Lipinski definition) is 3. The van der Waals surface area contributed by atoms with E-state index in [1.54, 1.807) is 4.68 Å². The van der Waals surface area contributed by atoms with E-state index in [0.717, 1.165) is 46.4 Å². The number of aromatic nitrogens is 3. The van der Waals surface area contributed by atoms with Crippen LogP contribution in [-0.2, 0) is 7.05 Å². The Kier molecular flexibility index (Phi) is 4.00. The molecule has 2 aliphatic carbocycles. The van der Waals surface area contributed by atoms with Crippen LogP contribution in [0.15, 0.2) is 36.4 Å². The number of aryl methyl sites for hydroxylation is 2. The number of amides is 1. The summed E-state index contributed by atoms with van der Waals surface area (Å²) in [4.78, 5) is 20.8. The van der Waals surface area contributed by atoms with E-state index >= 15 is 0 Å². The van der Waals surface area contributed by atoms with Gasteiger partial charge < -0.3 is 4.90 Å². The molecule has 2 saturated carbocycles. The van der Waals surface area contributed by atoms with E-state index in [0.29, 0.717) is 18.0 Å². The minimum atomic E-state index is 0.141. The van der Waals surface area contributed by atoms with E-state index < -0.39 is 0 Å². The molecule has 1 unspecified atom stereocenters. The van der Waals surface area contributed by atoms with E-state index in [4.69, 9.17) is 4.98 Å². The maximum atomic E-state index is 13.8. The van der Waals surface area contributed by atoms with Crippen LogP contribution in [0.3, 0.4) is 0 Å². The molecule has 0 aliphatic heterocycles. The smallest absolute Gasteiger partial charge is 0.255 e. The molecule has 144 valence electrons. The van der Waals surface area contributed by atoms with Crippen LogP contribution in [0.4, 0.5) is 0 Å². The zero-order valence-electron chi connectivity index (χ0n) is 16.7. The molecule has 2 aromatic heterocycles. The van der Waals surface area contributed by atoms with Crippen molar-refractivity contribution in [3.05, 3.63) is 47.7 Å². The van der Waals surface area contributed by atoms with Gasteiger partial charge in [0.1, 0.15) is 0 Å². The molecule has 0 bridgehead atoms. The maximum Gasteiger partial charge on any atom is 0.255 e. The molecule has 5 heteroatoms. The first-order valence-electron chi connectivity index (χ1n) is 10.3. The highest BCUT2D eigenvalue weighted by molar-refractivity contribution is 6.07. The average molecular weight is 374 g/mol. The standard InChI is InChI=1S/C23H26N4O/c1-14-21-19(23(28)27(18-11-12-18)15(2)16-9-10-16)13-20(17-7-5-4-6-8-17)24-22(21)26(3)25-14/h4-8,13,15-16,18H,9-12H2,1-3H3. The largest absolute Gasteiger partial charge is 0.333 e. The Morgan fingerprint density at radius 2 is 1.89 bits per heavy atom. The van der Waals surface area contributed by atoms with Gasteiger partial charge in [-0.1, -0.05) is 30.3 Å². The molecule has 2 aliphatic rings. The molecule has 1 aromatic carbocycles. The molecule has 2 heterocycles. The average Bonchev–Trinajstić information content (AvgIpc) is 3.61. The quantitative estimate of drug-likeness (QED) is 0.667. The van der Waals surface area contributed by atoms with Crippen LogP contribution < -0.4 is 0 Å². The zero-order chi connectivity index (χ0) is 19.4. The lowest BCUT2D eigenvalue weighted by Gasteiger charge is -2.30. The third-order valence-corrected chi connectivity index (χ3v) is 6.19. The van der Waals surface area contributed by atoms with Gasteiger partial charge in [-0.3, -0.25) is 9.48 Å². The second-order valence-corrected chi connectivity index (χ2v) is 8.35. The van der Waals surface area contributed by atoms with Crippen molar-refractivity contribution in [2.45, 2.75) is 51.6 Å². The molecule has 5 nitrogen and oxygen atoms in total. The highest BCUT2D eigenvalue weighted by Gasteiger charge is 2.42. The first kappa shape index (κ1) is 17.4. The summed E-state index contributed by atoms with van der Waals surface area (Å²) in [6, 6.07) is 12.8. The Labute approximate surface area is 165 Å². The molecule has 0 radical (unpaired) electrons. The third-order valence-electron chi connectivity index (χ3n) is 6.19. The summed E-state index contributed by atoms with van der Waals surface area (Å²) >= 11 is 0. The number of hydrogen-bond donors (Lipinski definition) is 0. The predicted molar refractivity (Wildman–Crippen MR) is 110 cm³/mol. The summed E-state index contributed by atoms with van der Waals surface area (Å²) in [6.45, 7) is 4.19. The summed E-state index contributed by atoms with van der Waals surface area (Å²) in [5.41, 5.74) is 4.23. The number of fused-ring (bicyclic) bond motifs is 1. The Morgan fingerprint density at radius 3 is 2.54 bits per heavy atom. The lowest BCUT2D eigenvalue weighted by molar-refractivity contribution is 0.0656. The molecule has 0 saturated heterocycles. The Morgan fingerprint density at radius 1 is 1.18 bits per heavy atom. The van der Waals surface area contributed by atoms with Gasteiger partial charge >= 0.3 is 0 Å². The zero-order valence-corrected chi connectivity index (χ0v) is 16.7. The number of pyridine rings is 1. The van der Waals surface area contributed by atoms with Gasteiger partial charge in [-0.2, -0.15) is 5.10 Å². The van der Waals surface area contributed by atoms with Crippen molar-refractivity contribution in [2.24, 2.45) is 13.0 Å². The molecular formula is C23H26N4O. The molecule has 28 heavy (non-hydrogen) atoms. The molecule has 5 rings (SSSR count). The summed E-state index contributed by atoms with van der Waals surface area (Å²) in [5, 5.41) is 5.45. The van der Waals surface area contributed by atoms with Gasteiger partial charge in [-0.25, -0.2) is 4.98 Å². The van der Waals surface area contributed by atoms with Crippen LogP contribution in [-0.4, -0.2) is 37.7 Å². The van der Waals surface area contributed by atoms with Crippen LogP contribution >= 0.6 is 0 Å². The molecular weight excluding hydrogens is 348 g/mol. The molecule has 0 N–H and O–H groups in total. The minimum absolute atomic E-state index is 0.141. The number of rotatable bonds is 5. The summed E-state index contributed by atoms with van der Waals surface area (Å²) in [7, 11) is 1.90. The van der Waals surface area contributed by atoms with E-state index in [2.05, 4.69) is 16.9 Å². The van der Waals surface area contributed by atoms with Crippen molar-refractivity contribution in [3.63, 3.8) is 0 Å². The van der Waals surface area contributed by atoms with Crippen LogP contribution in [0.2, 0.25) is 0 Å². The van der Waals surface area contributed by atoms with E-state index in [-0.39, 0.29) is 5.91 Å². The second kappa shape index (κ2) is 6.43. The van der Waals surface area contributed by atoms with E-state index in [9.17, 15) is 4.79 Å². The van der Waals surface area contributed by atoms with Gasteiger partial charge in [0.2, 0.25) is 0 Å². The van der Waals surface area contributed by atoms with E-state index in [1.165, 1.54) is 12.8 Å². The second-order valence-electron chi connectivity index (χ2n) is 8.35. The molecule has 2 fully saturated rings. The van der Waals surface area contributed by atoms with Crippen molar-refractivity contribution in [1.82, 2.24) is 19.7 Å². The van der Waals surface area contributed by atoms with Crippen molar-refractivity contribution < 1.29 is 4.79 Å². The summed E-state index contributed by atoms with van der Waals surface area (Å²) in [5.74, 6) is 0.799. The molecule has 3 aromatic rings. The highest BCUT2D eigenvalue weighted by atomic mass is 16.2. The van der Waals surface area contributed by atoms with E-state index in [1.807, 2.05) is 50.4 Å². The fourth-order valence-electron chi connectivity index (χ4n) is 4.35. The number of nitrogens with zero attached hydrogens (tertiary/aromatic N) is 4. The first-order chi connectivity index (χ1) is 13.5. The molecule has 1 amide bonds. The predicted octanol–water partition coefficient (Wildman–Crippen LogP) is 4.35. The maximum absolute atomic E-state index is 13.8. The van der Waals surface area contributed by atoms with Crippen molar-refractivity contribution >= 4 is 16.9 Å². The van der Waals surface area contributed by atoms with Gasteiger partial charge in [-0.15, -0.1) is 0 Å². The van der Waals surface area contributed by atoms with Gasteiger partial charge in [0.05, 0.1) is 22.3 Å².